The fraction of sp³-hybridized carbons (Fsp3) is 0.353. The van der Waals surface area contributed by atoms with Crippen LogP contribution in [0.2, 0.25) is 0 Å². The number of benzene rings is 1. The van der Waals surface area contributed by atoms with Gasteiger partial charge in [0.25, 0.3) is 0 Å². The van der Waals surface area contributed by atoms with Crippen LogP contribution in [-0.2, 0) is 19.4 Å². The van der Waals surface area contributed by atoms with Crippen LogP contribution < -0.4 is 5.32 Å². The van der Waals surface area contributed by atoms with Crippen LogP contribution in [0.3, 0.4) is 0 Å². The van der Waals surface area contributed by atoms with E-state index in [-0.39, 0.29) is 24.0 Å². The molecule has 0 saturated heterocycles. The number of furan rings is 1. The third-order valence-corrected chi connectivity index (χ3v) is 3.88. The third kappa shape index (κ3) is 4.03. The molecule has 5 heteroatoms. The number of nitrogens with zero attached hydrogens (tertiary/aromatic N) is 2. The molecule has 1 aromatic carbocycles. The average Bonchev–Trinajstić information content (AvgIpc) is 3.04. The average molecular weight is 411 g/mol. The van der Waals surface area contributed by atoms with E-state index in [1.165, 1.54) is 11.1 Å². The highest BCUT2D eigenvalue weighted by molar-refractivity contribution is 14.0. The van der Waals surface area contributed by atoms with E-state index in [0.717, 1.165) is 44.2 Å². The normalized spacial score (nSPS) is 14.2. The molecule has 1 aliphatic heterocycles. The molecule has 0 bridgehead atoms. The molecule has 2 heterocycles. The summed E-state index contributed by atoms with van der Waals surface area (Å²) in [6.07, 6.45) is 3.66. The Labute approximate surface area is 148 Å². The van der Waals surface area contributed by atoms with E-state index in [1.54, 1.807) is 6.26 Å². The molecule has 0 aliphatic carbocycles. The largest absolute Gasteiger partial charge is 0.469 e. The highest BCUT2D eigenvalue weighted by Gasteiger charge is 2.18. The molecule has 22 heavy (non-hydrogen) atoms. The summed E-state index contributed by atoms with van der Waals surface area (Å²) in [5, 5.41) is 3.42. The van der Waals surface area contributed by atoms with Gasteiger partial charge >= 0.3 is 0 Å². The molecular formula is C17H22IN3O. The lowest BCUT2D eigenvalue weighted by molar-refractivity contribution is 0.378. The third-order valence-electron chi connectivity index (χ3n) is 3.88. The van der Waals surface area contributed by atoms with Crippen LogP contribution in [0.15, 0.2) is 52.1 Å². The Morgan fingerprint density at radius 1 is 1.23 bits per heavy atom. The van der Waals surface area contributed by atoms with E-state index in [4.69, 9.17) is 4.42 Å². The van der Waals surface area contributed by atoms with Gasteiger partial charge < -0.3 is 14.6 Å². The minimum Gasteiger partial charge on any atom is -0.469 e. The van der Waals surface area contributed by atoms with E-state index in [9.17, 15) is 0 Å². The van der Waals surface area contributed by atoms with Gasteiger partial charge in [-0.3, -0.25) is 4.99 Å². The maximum atomic E-state index is 5.35. The van der Waals surface area contributed by atoms with Gasteiger partial charge in [-0.25, -0.2) is 0 Å². The summed E-state index contributed by atoms with van der Waals surface area (Å²) in [6, 6.07) is 12.6. The fourth-order valence-corrected chi connectivity index (χ4v) is 2.76. The molecule has 4 nitrogen and oxygen atoms in total. The summed E-state index contributed by atoms with van der Waals surface area (Å²) in [7, 11) is 1.84. The van der Waals surface area contributed by atoms with Crippen LogP contribution >= 0.6 is 24.0 Å². The van der Waals surface area contributed by atoms with Gasteiger partial charge in [0, 0.05) is 33.1 Å². The number of fused-ring (bicyclic) bond motifs is 1. The molecule has 0 saturated carbocycles. The van der Waals surface area contributed by atoms with Crippen molar-refractivity contribution in [3.05, 3.63) is 59.5 Å². The Hall–Kier alpha value is -1.50. The predicted octanol–water partition coefficient (Wildman–Crippen LogP) is 3.07. The van der Waals surface area contributed by atoms with Crippen molar-refractivity contribution in [2.24, 2.45) is 4.99 Å². The fourth-order valence-electron chi connectivity index (χ4n) is 2.76. The number of hydrogen-bond acceptors (Lipinski definition) is 2. The zero-order valence-corrected chi connectivity index (χ0v) is 15.1. The van der Waals surface area contributed by atoms with Crippen LogP contribution in [0.25, 0.3) is 0 Å². The van der Waals surface area contributed by atoms with E-state index in [0.29, 0.717) is 0 Å². The Bertz CT molecular complexity index is 610. The highest BCUT2D eigenvalue weighted by atomic mass is 127. The molecule has 3 rings (SSSR count). The first kappa shape index (κ1) is 16.9. The molecule has 1 N–H and O–H groups in total. The van der Waals surface area contributed by atoms with Crippen molar-refractivity contribution >= 4 is 29.9 Å². The van der Waals surface area contributed by atoms with Gasteiger partial charge in [0.05, 0.1) is 6.26 Å². The van der Waals surface area contributed by atoms with Crippen molar-refractivity contribution in [2.75, 3.05) is 20.1 Å². The van der Waals surface area contributed by atoms with Crippen LogP contribution in [0, 0.1) is 0 Å². The smallest absolute Gasteiger partial charge is 0.193 e. The second-order valence-corrected chi connectivity index (χ2v) is 5.24. The first-order valence-corrected chi connectivity index (χ1v) is 7.41. The van der Waals surface area contributed by atoms with Crippen LogP contribution in [0.1, 0.15) is 16.9 Å². The zero-order valence-electron chi connectivity index (χ0n) is 12.8. The van der Waals surface area contributed by atoms with Gasteiger partial charge in [0.2, 0.25) is 0 Å². The molecule has 0 radical (unpaired) electrons. The first-order valence-electron chi connectivity index (χ1n) is 7.41. The summed E-state index contributed by atoms with van der Waals surface area (Å²) in [6.45, 7) is 2.77. The number of aliphatic imine (C=N–C) groups is 1. The van der Waals surface area contributed by atoms with Crippen LogP contribution in [0.4, 0.5) is 0 Å². The van der Waals surface area contributed by atoms with Crippen molar-refractivity contribution < 1.29 is 4.42 Å². The van der Waals surface area contributed by atoms with E-state index in [2.05, 4.69) is 39.5 Å². The van der Waals surface area contributed by atoms with Crippen molar-refractivity contribution in [1.29, 1.82) is 0 Å². The molecule has 0 unspecified atom stereocenters. The van der Waals surface area contributed by atoms with E-state index in [1.807, 2.05) is 19.2 Å². The number of guanidine groups is 1. The minimum atomic E-state index is 0. The summed E-state index contributed by atoms with van der Waals surface area (Å²) in [5.74, 6) is 1.97. The van der Waals surface area contributed by atoms with Crippen LogP contribution in [-0.4, -0.2) is 31.0 Å². The maximum absolute atomic E-state index is 5.35. The predicted molar refractivity (Wildman–Crippen MR) is 99.7 cm³/mol. The van der Waals surface area contributed by atoms with Gasteiger partial charge in [-0.15, -0.1) is 24.0 Å². The second kappa shape index (κ2) is 8.22. The molecule has 1 aliphatic rings. The summed E-state index contributed by atoms with van der Waals surface area (Å²) >= 11 is 0. The Morgan fingerprint density at radius 3 is 2.77 bits per heavy atom. The van der Waals surface area contributed by atoms with Crippen molar-refractivity contribution in [3.63, 3.8) is 0 Å². The first-order chi connectivity index (χ1) is 10.4. The summed E-state index contributed by atoms with van der Waals surface area (Å²) in [5.41, 5.74) is 2.86. The molecule has 0 spiro atoms. The molecule has 0 fully saturated rings. The topological polar surface area (TPSA) is 40.8 Å². The molecular weight excluding hydrogens is 389 g/mol. The Morgan fingerprint density at radius 2 is 2.05 bits per heavy atom. The van der Waals surface area contributed by atoms with Gasteiger partial charge in [-0.05, 0) is 29.7 Å². The maximum Gasteiger partial charge on any atom is 0.193 e. The van der Waals surface area contributed by atoms with Crippen molar-refractivity contribution in [2.45, 2.75) is 19.4 Å². The Kier molecular flexibility index (Phi) is 6.30. The lowest BCUT2D eigenvalue weighted by Gasteiger charge is -2.31. The minimum absolute atomic E-state index is 0. The molecule has 0 atom stereocenters. The molecule has 1 aromatic heterocycles. The lowest BCUT2D eigenvalue weighted by atomic mass is 10.0. The van der Waals surface area contributed by atoms with Gasteiger partial charge in [-0.1, -0.05) is 24.3 Å². The number of nitrogens with one attached hydrogen (secondary N) is 1. The SMILES string of the molecule is CN=C(NCCc1ccco1)N1CCc2ccccc2C1.I. The number of rotatable bonds is 3. The highest BCUT2D eigenvalue weighted by Crippen LogP contribution is 2.18. The van der Waals surface area contributed by atoms with E-state index >= 15 is 0 Å². The number of halogens is 1. The van der Waals surface area contributed by atoms with Crippen molar-refractivity contribution in [1.82, 2.24) is 10.2 Å². The van der Waals surface area contributed by atoms with Gasteiger partial charge in [0.15, 0.2) is 5.96 Å². The van der Waals surface area contributed by atoms with E-state index < -0.39 is 0 Å². The molecule has 0 amide bonds. The second-order valence-electron chi connectivity index (χ2n) is 5.24. The number of hydrogen-bond donors (Lipinski definition) is 1. The van der Waals surface area contributed by atoms with Gasteiger partial charge in [0.1, 0.15) is 5.76 Å². The monoisotopic (exact) mass is 411 g/mol. The standard InChI is InChI=1S/C17H21N3O.HI/c1-18-17(19-10-8-16-7-4-12-21-16)20-11-9-14-5-2-3-6-15(14)13-20;/h2-7,12H,8-11,13H2,1H3,(H,18,19);1H. The Balaban J connectivity index is 0.00000176. The van der Waals surface area contributed by atoms with Gasteiger partial charge in [-0.2, -0.15) is 0 Å². The lowest BCUT2D eigenvalue weighted by Crippen LogP contribution is -2.44. The van der Waals surface area contributed by atoms with Crippen molar-refractivity contribution in [3.8, 4) is 0 Å². The van der Waals surface area contributed by atoms with Crippen LogP contribution in [0.5, 0.6) is 0 Å². The summed E-state index contributed by atoms with van der Waals surface area (Å²) < 4.78 is 5.35. The summed E-state index contributed by atoms with van der Waals surface area (Å²) in [4.78, 5) is 6.71. The molecule has 118 valence electrons. The zero-order chi connectivity index (χ0) is 14.5. The molecule has 2 aromatic rings. The quantitative estimate of drug-likeness (QED) is 0.480.